The minimum absolute atomic E-state index is 0.00153. The van der Waals surface area contributed by atoms with Gasteiger partial charge in [-0.05, 0) is 50.0 Å². The molecular weight excluding hydrogens is 238 g/mol. The second-order valence-electron chi connectivity index (χ2n) is 5.37. The number of hydrogen-bond acceptors (Lipinski definition) is 3. The van der Waals surface area contributed by atoms with E-state index in [1.54, 1.807) is 0 Å². The van der Waals surface area contributed by atoms with Gasteiger partial charge in [-0.15, -0.1) is 0 Å². The molecule has 0 spiro atoms. The summed E-state index contributed by atoms with van der Waals surface area (Å²) < 4.78 is 0. The molecule has 104 valence electrons. The van der Waals surface area contributed by atoms with Crippen LogP contribution in [0.1, 0.15) is 28.8 Å². The third-order valence-electron chi connectivity index (χ3n) is 3.75. The zero-order valence-electron chi connectivity index (χ0n) is 11.6. The Morgan fingerprint density at radius 1 is 1.53 bits per heavy atom. The Hall–Kier alpha value is -1.39. The zero-order valence-corrected chi connectivity index (χ0v) is 11.6. The molecule has 0 radical (unpaired) electrons. The second-order valence-corrected chi connectivity index (χ2v) is 5.37. The molecule has 1 aromatic carbocycles. The van der Waals surface area contributed by atoms with Crippen molar-refractivity contribution in [3.63, 3.8) is 0 Å². The highest BCUT2D eigenvalue weighted by atomic mass is 16.1. The lowest BCUT2D eigenvalue weighted by molar-refractivity contribution is 0.0951. The molecule has 1 saturated heterocycles. The van der Waals surface area contributed by atoms with Crippen molar-refractivity contribution >= 4 is 5.91 Å². The van der Waals surface area contributed by atoms with Crippen LogP contribution in [0.25, 0.3) is 0 Å². The number of nitrogens with two attached hydrogens (primary N) is 1. The summed E-state index contributed by atoms with van der Waals surface area (Å²) in [4.78, 5) is 14.3. The molecule has 1 fully saturated rings. The summed E-state index contributed by atoms with van der Waals surface area (Å²) in [6.45, 7) is 3.55. The standard InChI is InChI=1S/C15H23N3O/c1-18-8-6-12(11-18)5-7-17-15(19)14-4-2-3-13(9-14)10-16/h2-4,9,12H,5-8,10-11,16H2,1H3,(H,17,19). The van der Waals surface area contributed by atoms with Gasteiger partial charge in [0.25, 0.3) is 5.91 Å². The van der Waals surface area contributed by atoms with Gasteiger partial charge in [-0.2, -0.15) is 0 Å². The molecule has 1 atom stereocenters. The summed E-state index contributed by atoms with van der Waals surface area (Å²) >= 11 is 0. The minimum Gasteiger partial charge on any atom is -0.352 e. The van der Waals surface area contributed by atoms with Crippen molar-refractivity contribution in [2.24, 2.45) is 11.7 Å². The molecule has 4 nitrogen and oxygen atoms in total. The number of carbonyl (C=O) groups is 1. The van der Waals surface area contributed by atoms with Gasteiger partial charge >= 0.3 is 0 Å². The maximum atomic E-state index is 12.0. The van der Waals surface area contributed by atoms with Gasteiger partial charge in [-0.3, -0.25) is 4.79 Å². The van der Waals surface area contributed by atoms with Crippen molar-refractivity contribution in [1.29, 1.82) is 0 Å². The lowest BCUT2D eigenvalue weighted by Crippen LogP contribution is -2.26. The molecule has 1 unspecified atom stereocenters. The van der Waals surface area contributed by atoms with E-state index in [-0.39, 0.29) is 5.91 Å². The van der Waals surface area contributed by atoms with Crippen molar-refractivity contribution in [1.82, 2.24) is 10.2 Å². The van der Waals surface area contributed by atoms with E-state index in [2.05, 4.69) is 17.3 Å². The Balaban J connectivity index is 1.77. The van der Waals surface area contributed by atoms with E-state index < -0.39 is 0 Å². The van der Waals surface area contributed by atoms with Gasteiger partial charge in [0.2, 0.25) is 0 Å². The average molecular weight is 261 g/mol. The normalized spacial score (nSPS) is 19.6. The summed E-state index contributed by atoms with van der Waals surface area (Å²) in [6, 6.07) is 7.50. The fraction of sp³-hybridized carbons (Fsp3) is 0.533. The maximum absolute atomic E-state index is 12.0. The number of likely N-dealkylation sites (tertiary alicyclic amines) is 1. The van der Waals surface area contributed by atoms with Crippen molar-refractivity contribution < 1.29 is 4.79 Å². The third-order valence-corrected chi connectivity index (χ3v) is 3.75. The zero-order chi connectivity index (χ0) is 13.7. The fourth-order valence-electron chi connectivity index (χ4n) is 2.59. The van der Waals surface area contributed by atoms with E-state index in [1.165, 1.54) is 13.0 Å². The Kier molecular flexibility index (Phi) is 4.93. The first-order valence-electron chi connectivity index (χ1n) is 6.95. The number of rotatable bonds is 5. The second kappa shape index (κ2) is 6.68. The number of carbonyl (C=O) groups excluding carboxylic acids is 1. The quantitative estimate of drug-likeness (QED) is 0.838. The summed E-state index contributed by atoms with van der Waals surface area (Å²) in [7, 11) is 2.15. The van der Waals surface area contributed by atoms with Crippen LogP contribution in [0.15, 0.2) is 24.3 Å². The summed E-state index contributed by atoms with van der Waals surface area (Å²) in [6.07, 6.45) is 2.31. The van der Waals surface area contributed by atoms with Gasteiger partial charge < -0.3 is 16.0 Å². The Morgan fingerprint density at radius 2 is 2.37 bits per heavy atom. The van der Waals surface area contributed by atoms with E-state index in [0.29, 0.717) is 12.1 Å². The Bertz CT molecular complexity index is 433. The van der Waals surface area contributed by atoms with Gasteiger partial charge in [0.1, 0.15) is 0 Å². The molecule has 1 aliphatic rings. The number of nitrogens with zero attached hydrogens (tertiary/aromatic N) is 1. The first-order valence-corrected chi connectivity index (χ1v) is 6.95. The van der Waals surface area contributed by atoms with Crippen LogP contribution in [0.4, 0.5) is 0 Å². The smallest absolute Gasteiger partial charge is 0.251 e. The molecule has 19 heavy (non-hydrogen) atoms. The lowest BCUT2D eigenvalue weighted by Gasteiger charge is -2.11. The number of benzene rings is 1. The molecule has 1 aromatic rings. The molecule has 1 amide bonds. The van der Waals surface area contributed by atoms with E-state index in [9.17, 15) is 4.79 Å². The van der Waals surface area contributed by atoms with E-state index >= 15 is 0 Å². The first-order chi connectivity index (χ1) is 9.19. The highest BCUT2D eigenvalue weighted by Gasteiger charge is 2.19. The highest BCUT2D eigenvalue weighted by molar-refractivity contribution is 5.94. The van der Waals surface area contributed by atoms with Crippen molar-refractivity contribution in [3.05, 3.63) is 35.4 Å². The van der Waals surface area contributed by atoms with Crippen LogP contribution in [0.3, 0.4) is 0 Å². The maximum Gasteiger partial charge on any atom is 0.251 e. The molecule has 4 heteroatoms. The van der Waals surface area contributed by atoms with Gasteiger partial charge in [0.15, 0.2) is 0 Å². The molecule has 2 rings (SSSR count). The predicted octanol–water partition coefficient (Wildman–Crippen LogP) is 1.22. The molecule has 0 aliphatic carbocycles. The summed E-state index contributed by atoms with van der Waals surface area (Å²) in [5.41, 5.74) is 7.27. The topological polar surface area (TPSA) is 58.4 Å². The monoisotopic (exact) mass is 261 g/mol. The van der Waals surface area contributed by atoms with E-state index in [0.717, 1.165) is 31.0 Å². The average Bonchev–Trinajstić information content (AvgIpc) is 2.84. The fourth-order valence-corrected chi connectivity index (χ4v) is 2.59. The molecule has 0 aromatic heterocycles. The minimum atomic E-state index is 0.00153. The van der Waals surface area contributed by atoms with Crippen LogP contribution < -0.4 is 11.1 Å². The summed E-state index contributed by atoms with van der Waals surface area (Å²) in [5, 5.41) is 2.99. The van der Waals surface area contributed by atoms with Crippen LogP contribution in [0.5, 0.6) is 0 Å². The number of hydrogen-bond donors (Lipinski definition) is 2. The van der Waals surface area contributed by atoms with Gasteiger partial charge in [0.05, 0.1) is 0 Å². The van der Waals surface area contributed by atoms with E-state index in [1.807, 2.05) is 24.3 Å². The first kappa shape index (κ1) is 14.0. The van der Waals surface area contributed by atoms with Crippen molar-refractivity contribution in [2.45, 2.75) is 19.4 Å². The van der Waals surface area contributed by atoms with Crippen LogP contribution in [-0.4, -0.2) is 37.5 Å². The third kappa shape index (κ3) is 4.04. The predicted molar refractivity (Wildman–Crippen MR) is 76.9 cm³/mol. The molecule has 0 saturated carbocycles. The molecule has 0 bridgehead atoms. The van der Waals surface area contributed by atoms with Crippen molar-refractivity contribution in [2.75, 3.05) is 26.7 Å². The van der Waals surface area contributed by atoms with Crippen LogP contribution in [0, 0.1) is 5.92 Å². The van der Waals surface area contributed by atoms with E-state index in [4.69, 9.17) is 5.73 Å². The molecule has 3 N–H and O–H groups in total. The van der Waals surface area contributed by atoms with Gasteiger partial charge in [-0.1, -0.05) is 12.1 Å². The SMILES string of the molecule is CN1CCC(CCNC(=O)c2cccc(CN)c2)C1. The number of amides is 1. The Morgan fingerprint density at radius 3 is 3.05 bits per heavy atom. The Labute approximate surface area is 115 Å². The van der Waals surface area contributed by atoms with Crippen LogP contribution >= 0.6 is 0 Å². The van der Waals surface area contributed by atoms with Crippen LogP contribution in [0.2, 0.25) is 0 Å². The molecule has 1 aliphatic heterocycles. The highest BCUT2D eigenvalue weighted by Crippen LogP contribution is 2.17. The van der Waals surface area contributed by atoms with Crippen molar-refractivity contribution in [3.8, 4) is 0 Å². The largest absolute Gasteiger partial charge is 0.352 e. The van der Waals surface area contributed by atoms with Gasteiger partial charge in [0, 0.05) is 25.2 Å². The number of nitrogens with one attached hydrogen (secondary N) is 1. The van der Waals surface area contributed by atoms with Crippen LogP contribution in [-0.2, 0) is 6.54 Å². The molecular formula is C15H23N3O. The lowest BCUT2D eigenvalue weighted by atomic mass is 10.1. The summed E-state index contributed by atoms with van der Waals surface area (Å²) in [5.74, 6) is 0.724. The molecule has 1 heterocycles. The van der Waals surface area contributed by atoms with Gasteiger partial charge in [-0.25, -0.2) is 0 Å².